The summed E-state index contributed by atoms with van der Waals surface area (Å²) in [7, 11) is 0. The fourth-order valence-electron chi connectivity index (χ4n) is 2.51. The zero-order chi connectivity index (χ0) is 16.9. The molecule has 2 N–H and O–H groups in total. The second-order valence-electron chi connectivity index (χ2n) is 6.06. The van der Waals surface area contributed by atoms with Crippen LogP contribution in [0.2, 0.25) is 0 Å². The van der Waals surface area contributed by atoms with Gasteiger partial charge in [0.15, 0.2) is 0 Å². The molecule has 0 spiro atoms. The fourth-order valence-corrected chi connectivity index (χ4v) is 4.40. The van der Waals surface area contributed by atoms with Crippen molar-refractivity contribution in [1.29, 1.82) is 0 Å². The molecule has 1 aliphatic heterocycles. The van der Waals surface area contributed by atoms with Gasteiger partial charge >= 0.3 is 5.97 Å². The molecule has 1 fully saturated rings. The average molecular weight is 354 g/mol. The van der Waals surface area contributed by atoms with Crippen molar-refractivity contribution in [1.82, 2.24) is 5.32 Å². The Morgan fingerprint density at radius 2 is 1.87 bits per heavy atom. The van der Waals surface area contributed by atoms with Crippen LogP contribution in [0.5, 0.6) is 0 Å². The number of carbonyl (C=O) groups is 2. The number of benzene rings is 1. The van der Waals surface area contributed by atoms with Gasteiger partial charge in [0.2, 0.25) is 5.91 Å². The van der Waals surface area contributed by atoms with Crippen molar-refractivity contribution in [3.8, 4) is 0 Å². The van der Waals surface area contributed by atoms with Crippen LogP contribution in [0.3, 0.4) is 0 Å². The van der Waals surface area contributed by atoms with E-state index in [9.17, 15) is 14.7 Å². The highest BCUT2D eigenvalue weighted by Gasteiger charge is 2.41. The number of nitrogens with one attached hydrogen (secondary N) is 1. The summed E-state index contributed by atoms with van der Waals surface area (Å²) < 4.78 is 0. The SMILES string of the molecule is CC(C)c1ccc(SCC(=O)NC2(C(=O)O)CCSCC2)cc1. The summed E-state index contributed by atoms with van der Waals surface area (Å²) in [5.74, 6) is 1.14. The topological polar surface area (TPSA) is 66.4 Å². The van der Waals surface area contributed by atoms with E-state index < -0.39 is 11.5 Å². The molecule has 1 aromatic carbocycles. The molecule has 0 aliphatic carbocycles. The maximum atomic E-state index is 12.2. The Morgan fingerprint density at radius 1 is 1.26 bits per heavy atom. The van der Waals surface area contributed by atoms with Crippen LogP contribution < -0.4 is 5.32 Å². The van der Waals surface area contributed by atoms with Crippen LogP contribution in [0.1, 0.15) is 38.2 Å². The van der Waals surface area contributed by atoms with Crippen LogP contribution in [-0.2, 0) is 9.59 Å². The lowest BCUT2D eigenvalue weighted by atomic mass is 9.92. The standard InChI is InChI=1S/C17H23NO3S2/c1-12(2)13-3-5-14(6-4-13)23-11-15(19)18-17(16(20)21)7-9-22-10-8-17/h3-6,12H,7-11H2,1-2H3,(H,18,19)(H,20,21). The van der Waals surface area contributed by atoms with E-state index in [0.29, 0.717) is 18.8 Å². The molecule has 4 nitrogen and oxygen atoms in total. The molecule has 23 heavy (non-hydrogen) atoms. The van der Waals surface area contributed by atoms with Gasteiger partial charge in [-0.3, -0.25) is 4.79 Å². The molecule has 0 aromatic heterocycles. The molecule has 1 aromatic rings. The monoisotopic (exact) mass is 353 g/mol. The van der Waals surface area contributed by atoms with E-state index in [1.807, 2.05) is 12.1 Å². The Hall–Kier alpha value is -1.14. The Morgan fingerprint density at radius 3 is 2.39 bits per heavy atom. The first-order valence-corrected chi connectivity index (χ1v) is 9.92. The quantitative estimate of drug-likeness (QED) is 0.768. The van der Waals surface area contributed by atoms with E-state index in [1.54, 1.807) is 11.8 Å². The molecular formula is C17H23NO3S2. The van der Waals surface area contributed by atoms with Crippen molar-refractivity contribution in [2.45, 2.75) is 43.0 Å². The number of rotatable bonds is 6. The summed E-state index contributed by atoms with van der Waals surface area (Å²) in [4.78, 5) is 24.7. The summed E-state index contributed by atoms with van der Waals surface area (Å²) in [6, 6.07) is 8.17. The second-order valence-corrected chi connectivity index (χ2v) is 8.33. The zero-order valence-electron chi connectivity index (χ0n) is 13.5. The normalized spacial score (nSPS) is 17.0. The van der Waals surface area contributed by atoms with E-state index in [0.717, 1.165) is 16.4 Å². The number of carboxylic acid groups (broad SMARTS) is 1. The third kappa shape index (κ3) is 4.91. The lowest BCUT2D eigenvalue weighted by Crippen LogP contribution is -2.57. The molecule has 0 saturated carbocycles. The molecule has 0 radical (unpaired) electrons. The molecule has 0 unspecified atom stereocenters. The highest BCUT2D eigenvalue weighted by molar-refractivity contribution is 8.00. The van der Waals surface area contributed by atoms with Gasteiger partial charge in [-0.15, -0.1) is 11.8 Å². The molecule has 0 bridgehead atoms. The third-order valence-electron chi connectivity index (χ3n) is 4.05. The van der Waals surface area contributed by atoms with E-state index in [2.05, 4.69) is 31.3 Å². The lowest BCUT2D eigenvalue weighted by Gasteiger charge is -2.33. The first-order chi connectivity index (χ1) is 10.9. The molecule has 1 saturated heterocycles. The molecule has 1 heterocycles. The number of hydrogen-bond donors (Lipinski definition) is 2. The van der Waals surface area contributed by atoms with E-state index in [1.165, 1.54) is 17.3 Å². The number of aliphatic carboxylic acids is 1. The van der Waals surface area contributed by atoms with Crippen molar-refractivity contribution in [3.63, 3.8) is 0 Å². The lowest BCUT2D eigenvalue weighted by molar-refractivity contribution is -0.147. The second kappa shape index (κ2) is 8.11. The number of thioether (sulfide) groups is 2. The number of carbonyl (C=O) groups excluding carboxylic acids is 1. The largest absolute Gasteiger partial charge is 0.480 e. The number of hydrogen-bond acceptors (Lipinski definition) is 4. The maximum absolute atomic E-state index is 12.2. The van der Waals surface area contributed by atoms with Crippen LogP contribution in [0.4, 0.5) is 0 Å². The molecule has 126 valence electrons. The minimum Gasteiger partial charge on any atom is -0.480 e. The molecule has 1 amide bonds. The molecular weight excluding hydrogens is 330 g/mol. The fraction of sp³-hybridized carbons (Fsp3) is 0.529. The van der Waals surface area contributed by atoms with Gasteiger partial charge in [-0.25, -0.2) is 4.79 Å². The first-order valence-electron chi connectivity index (χ1n) is 7.78. The maximum Gasteiger partial charge on any atom is 0.329 e. The third-order valence-corrected chi connectivity index (χ3v) is 6.05. The van der Waals surface area contributed by atoms with Crippen LogP contribution in [0, 0.1) is 0 Å². The van der Waals surface area contributed by atoms with Gasteiger partial charge in [-0.2, -0.15) is 11.8 Å². The van der Waals surface area contributed by atoms with Crippen LogP contribution in [-0.4, -0.2) is 39.8 Å². The Balaban J connectivity index is 1.90. The van der Waals surface area contributed by atoms with Gasteiger partial charge in [0.1, 0.15) is 5.54 Å². The zero-order valence-corrected chi connectivity index (χ0v) is 15.1. The Bertz CT molecular complexity index is 551. The van der Waals surface area contributed by atoms with E-state index in [4.69, 9.17) is 0 Å². The summed E-state index contributed by atoms with van der Waals surface area (Å²) in [5, 5.41) is 12.2. The number of carboxylic acids is 1. The summed E-state index contributed by atoms with van der Waals surface area (Å²) in [5.41, 5.74) is 0.188. The van der Waals surface area contributed by atoms with E-state index >= 15 is 0 Å². The van der Waals surface area contributed by atoms with Crippen molar-refractivity contribution in [2.24, 2.45) is 0 Å². The minimum absolute atomic E-state index is 0.211. The van der Waals surface area contributed by atoms with Crippen molar-refractivity contribution >= 4 is 35.4 Å². The highest BCUT2D eigenvalue weighted by atomic mass is 32.2. The Labute approximate surface area is 145 Å². The van der Waals surface area contributed by atoms with Gasteiger partial charge in [0.05, 0.1) is 5.75 Å². The Kier molecular flexibility index (Phi) is 6.41. The van der Waals surface area contributed by atoms with Gasteiger partial charge in [0.25, 0.3) is 0 Å². The van der Waals surface area contributed by atoms with E-state index in [-0.39, 0.29) is 11.7 Å². The summed E-state index contributed by atoms with van der Waals surface area (Å²) in [6.07, 6.45) is 0.985. The first kappa shape index (κ1) is 18.2. The predicted molar refractivity (Wildman–Crippen MR) is 96.3 cm³/mol. The van der Waals surface area contributed by atoms with Crippen molar-refractivity contribution in [2.75, 3.05) is 17.3 Å². The van der Waals surface area contributed by atoms with Crippen molar-refractivity contribution < 1.29 is 14.7 Å². The van der Waals surface area contributed by atoms with Gasteiger partial charge < -0.3 is 10.4 Å². The number of amides is 1. The van der Waals surface area contributed by atoms with Crippen LogP contribution >= 0.6 is 23.5 Å². The van der Waals surface area contributed by atoms with Gasteiger partial charge in [0, 0.05) is 4.90 Å². The molecule has 0 atom stereocenters. The smallest absolute Gasteiger partial charge is 0.329 e. The molecule has 6 heteroatoms. The highest BCUT2D eigenvalue weighted by Crippen LogP contribution is 2.28. The minimum atomic E-state index is -1.08. The molecule has 1 aliphatic rings. The van der Waals surface area contributed by atoms with Crippen molar-refractivity contribution in [3.05, 3.63) is 29.8 Å². The van der Waals surface area contributed by atoms with Crippen LogP contribution in [0.25, 0.3) is 0 Å². The average Bonchev–Trinajstić information content (AvgIpc) is 2.54. The van der Waals surface area contributed by atoms with Crippen LogP contribution in [0.15, 0.2) is 29.2 Å². The summed E-state index contributed by atoms with van der Waals surface area (Å²) >= 11 is 3.17. The van der Waals surface area contributed by atoms with Gasteiger partial charge in [-0.05, 0) is 48.0 Å². The molecule has 2 rings (SSSR count). The van der Waals surface area contributed by atoms with Gasteiger partial charge in [-0.1, -0.05) is 26.0 Å². The summed E-state index contributed by atoms with van der Waals surface area (Å²) in [6.45, 7) is 4.28. The predicted octanol–water partition coefficient (Wildman–Crippen LogP) is 3.37.